The molecule has 0 spiro atoms. The first kappa shape index (κ1) is 10.8. The normalized spacial score (nSPS) is 21.2. The van der Waals surface area contributed by atoms with E-state index < -0.39 is 0 Å². The van der Waals surface area contributed by atoms with Gasteiger partial charge in [0.2, 0.25) is 0 Å². The number of aromatic nitrogens is 1. The Labute approximate surface area is 89.1 Å². The van der Waals surface area contributed by atoms with Gasteiger partial charge in [-0.3, -0.25) is 0 Å². The lowest BCUT2D eigenvalue weighted by Crippen LogP contribution is -2.12. The van der Waals surface area contributed by atoms with E-state index in [0.29, 0.717) is 11.2 Å². The van der Waals surface area contributed by atoms with Crippen LogP contribution < -0.4 is 5.32 Å². The van der Waals surface area contributed by atoms with Crippen LogP contribution in [0.25, 0.3) is 0 Å². The van der Waals surface area contributed by atoms with Crippen molar-refractivity contribution in [1.29, 1.82) is 0 Å². The Morgan fingerprint density at radius 2 is 2.31 bits per heavy atom. The van der Waals surface area contributed by atoms with Crippen LogP contribution in [0.15, 0.2) is 18.3 Å². The van der Waals surface area contributed by atoms with Crippen LogP contribution in [0.5, 0.6) is 0 Å². The molecule has 0 radical (unpaired) electrons. The second kappa shape index (κ2) is 4.80. The van der Waals surface area contributed by atoms with Gasteiger partial charge in [-0.1, -0.05) is 17.7 Å². The average molecular weight is 219 g/mol. The zero-order valence-electron chi connectivity index (χ0n) is 7.16. The molecule has 0 saturated carbocycles. The second-order valence-corrected chi connectivity index (χ2v) is 3.45. The first-order chi connectivity index (χ1) is 5.86. The summed E-state index contributed by atoms with van der Waals surface area (Å²) >= 11 is 5.69. The van der Waals surface area contributed by atoms with Gasteiger partial charge in [0, 0.05) is 12.2 Å². The minimum atomic E-state index is 0. The van der Waals surface area contributed by atoms with Crippen LogP contribution in [0.3, 0.4) is 0 Å². The molecule has 1 N–H and O–H groups in total. The monoisotopic (exact) mass is 218 g/mol. The lowest BCUT2D eigenvalue weighted by molar-refractivity contribution is 0.645. The molecule has 4 heteroatoms. The van der Waals surface area contributed by atoms with Crippen molar-refractivity contribution < 1.29 is 0 Å². The molecule has 1 atom stereocenters. The predicted octanol–water partition coefficient (Wildman–Crippen LogP) is 2.58. The molecule has 0 aliphatic carbocycles. The van der Waals surface area contributed by atoms with E-state index in [4.69, 9.17) is 11.6 Å². The van der Waals surface area contributed by atoms with Crippen LogP contribution in [0.4, 0.5) is 0 Å². The summed E-state index contributed by atoms with van der Waals surface area (Å²) in [6.07, 6.45) is 4.32. The average Bonchev–Trinajstić information content (AvgIpc) is 2.58. The van der Waals surface area contributed by atoms with Gasteiger partial charge in [0.15, 0.2) is 0 Å². The van der Waals surface area contributed by atoms with E-state index in [0.717, 1.165) is 6.54 Å². The van der Waals surface area contributed by atoms with Gasteiger partial charge in [-0.15, -0.1) is 12.4 Å². The molecule has 2 nitrogen and oxygen atoms in total. The van der Waals surface area contributed by atoms with Gasteiger partial charge >= 0.3 is 0 Å². The van der Waals surface area contributed by atoms with Crippen LogP contribution in [-0.2, 0) is 0 Å². The van der Waals surface area contributed by atoms with E-state index in [9.17, 15) is 0 Å². The summed E-state index contributed by atoms with van der Waals surface area (Å²) in [5.41, 5.74) is 1.25. The number of rotatable bonds is 1. The molecular formula is C9H12Cl2N2. The van der Waals surface area contributed by atoms with Crippen molar-refractivity contribution in [2.45, 2.75) is 18.9 Å². The first-order valence-electron chi connectivity index (χ1n) is 4.21. The molecule has 1 aliphatic rings. The zero-order valence-corrected chi connectivity index (χ0v) is 8.74. The maximum absolute atomic E-state index is 5.69. The highest BCUT2D eigenvalue weighted by Gasteiger charge is 2.15. The molecule has 0 bridgehead atoms. The Morgan fingerprint density at radius 3 is 2.85 bits per heavy atom. The first-order valence-corrected chi connectivity index (χ1v) is 4.59. The second-order valence-electron chi connectivity index (χ2n) is 3.06. The molecule has 1 fully saturated rings. The summed E-state index contributed by atoms with van der Waals surface area (Å²) in [7, 11) is 0. The van der Waals surface area contributed by atoms with Gasteiger partial charge in [0.1, 0.15) is 5.15 Å². The Hall–Kier alpha value is -0.310. The number of nitrogens with zero attached hydrogens (tertiary/aromatic N) is 1. The third-order valence-electron chi connectivity index (χ3n) is 2.21. The molecule has 13 heavy (non-hydrogen) atoms. The molecule has 2 rings (SSSR count). The van der Waals surface area contributed by atoms with Crippen molar-refractivity contribution in [1.82, 2.24) is 10.3 Å². The number of hydrogen-bond acceptors (Lipinski definition) is 2. The quantitative estimate of drug-likeness (QED) is 0.734. The van der Waals surface area contributed by atoms with E-state index in [-0.39, 0.29) is 12.4 Å². The third-order valence-corrected chi connectivity index (χ3v) is 2.44. The van der Waals surface area contributed by atoms with Gasteiger partial charge in [-0.2, -0.15) is 0 Å². The summed E-state index contributed by atoms with van der Waals surface area (Å²) in [6, 6.07) is 4.38. The molecule has 1 aromatic heterocycles. The van der Waals surface area contributed by atoms with Gasteiger partial charge < -0.3 is 5.32 Å². The Morgan fingerprint density at radius 1 is 1.46 bits per heavy atom. The smallest absolute Gasteiger partial charge is 0.129 e. The van der Waals surface area contributed by atoms with E-state index in [1.807, 2.05) is 18.3 Å². The molecule has 1 aliphatic heterocycles. The number of nitrogens with one attached hydrogen (secondary N) is 1. The third kappa shape index (κ3) is 2.56. The topological polar surface area (TPSA) is 24.9 Å². The molecular weight excluding hydrogens is 207 g/mol. The Balaban J connectivity index is 0.000000845. The maximum Gasteiger partial charge on any atom is 0.129 e. The van der Waals surface area contributed by atoms with Gasteiger partial charge in [0.05, 0.1) is 0 Å². The van der Waals surface area contributed by atoms with Gasteiger partial charge in [-0.05, 0) is 31.0 Å². The summed E-state index contributed by atoms with van der Waals surface area (Å²) in [5, 5.41) is 3.98. The Kier molecular flexibility index (Phi) is 3.97. The fourth-order valence-corrected chi connectivity index (χ4v) is 1.67. The van der Waals surface area contributed by atoms with Crippen molar-refractivity contribution in [2.24, 2.45) is 0 Å². The van der Waals surface area contributed by atoms with Gasteiger partial charge in [-0.25, -0.2) is 4.98 Å². The number of hydrogen-bond donors (Lipinski definition) is 1. The standard InChI is InChI=1S/C9H11ClN2.ClH/c10-9-4-3-7(6-12-9)8-2-1-5-11-8;/h3-4,6,8,11H,1-2,5H2;1H/t8-;/m0./s1. The highest BCUT2D eigenvalue weighted by molar-refractivity contribution is 6.29. The molecule has 72 valence electrons. The number of halogens is 2. The summed E-state index contributed by atoms with van der Waals surface area (Å²) in [4.78, 5) is 4.05. The molecule has 0 amide bonds. The highest BCUT2D eigenvalue weighted by Crippen LogP contribution is 2.22. The summed E-state index contributed by atoms with van der Waals surface area (Å²) in [5.74, 6) is 0. The van der Waals surface area contributed by atoms with Crippen molar-refractivity contribution in [3.05, 3.63) is 29.0 Å². The predicted molar refractivity (Wildman–Crippen MR) is 56.5 cm³/mol. The lowest BCUT2D eigenvalue weighted by atomic mass is 10.1. The highest BCUT2D eigenvalue weighted by atomic mass is 35.5. The molecule has 0 unspecified atom stereocenters. The number of pyridine rings is 1. The van der Waals surface area contributed by atoms with Crippen LogP contribution in [0.2, 0.25) is 5.15 Å². The minimum absolute atomic E-state index is 0. The van der Waals surface area contributed by atoms with Crippen LogP contribution >= 0.6 is 24.0 Å². The van der Waals surface area contributed by atoms with E-state index >= 15 is 0 Å². The zero-order chi connectivity index (χ0) is 8.39. The van der Waals surface area contributed by atoms with E-state index in [2.05, 4.69) is 10.3 Å². The Bertz CT molecular complexity index is 255. The van der Waals surface area contributed by atoms with Crippen LogP contribution in [0, 0.1) is 0 Å². The van der Waals surface area contributed by atoms with Crippen molar-refractivity contribution >= 4 is 24.0 Å². The van der Waals surface area contributed by atoms with Crippen LogP contribution in [0.1, 0.15) is 24.4 Å². The van der Waals surface area contributed by atoms with Crippen molar-refractivity contribution in [3.8, 4) is 0 Å². The SMILES string of the molecule is Cl.Clc1ccc([C@@H]2CCCN2)cn1. The summed E-state index contributed by atoms with van der Waals surface area (Å²) < 4.78 is 0. The molecule has 0 aromatic carbocycles. The molecule has 2 heterocycles. The molecule has 1 aromatic rings. The van der Waals surface area contributed by atoms with E-state index in [1.54, 1.807) is 0 Å². The summed E-state index contributed by atoms with van der Waals surface area (Å²) in [6.45, 7) is 1.12. The van der Waals surface area contributed by atoms with Gasteiger partial charge in [0.25, 0.3) is 0 Å². The van der Waals surface area contributed by atoms with Crippen LogP contribution in [-0.4, -0.2) is 11.5 Å². The minimum Gasteiger partial charge on any atom is -0.310 e. The fourth-order valence-electron chi connectivity index (χ4n) is 1.56. The molecule has 1 saturated heterocycles. The van der Waals surface area contributed by atoms with E-state index in [1.165, 1.54) is 18.4 Å². The van der Waals surface area contributed by atoms with Crippen molar-refractivity contribution in [3.63, 3.8) is 0 Å². The fraction of sp³-hybridized carbons (Fsp3) is 0.444. The maximum atomic E-state index is 5.69. The van der Waals surface area contributed by atoms with Crippen molar-refractivity contribution in [2.75, 3.05) is 6.54 Å². The lowest BCUT2D eigenvalue weighted by Gasteiger charge is -2.08. The largest absolute Gasteiger partial charge is 0.310 e.